The molecule has 0 spiro atoms. The van der Waals surface area contributed by atoms with Gasteiger partial charge in [0.25, 0.3) is 0 Å². The summed E-state index contributed by atoms with van der Waals surface area (Å²) >= 11 is 0. The molecule has 2 aromatic rings. The van der Waals surface area contributed by atoms with Crippen LogP contribution in [0.25, 0.3) is 11.4 Å². The number of hydrogen-bond donors (Lipinski definition) is 0. The summed E-state index contributed by atoms with van der Waals surface area (Å²) in [7, 11) is 1.34. The van der Waals surface area contributed by atoms with Gasteiger partial charge in [-0.25, -0.2) is 9.67 Å². The Morgan fingerprint density at radius 2 is 2.12 bits per heavy atom. The summed E-state index contributed by atoms with van der Waals surface area (Å²) in [5.74, 6) is 0.258. The van der Waals surface area contributed by atoms with Crippen LogP contribution in [-0.4, -0.2) is 27.8 Å². The number of carbonyl (C=O) groups excluding carboxylic acids is 1. The molecular formula is C11H11N3O2. The molecule has 2 rings (SSSR count). The summed E-state index contributed by atoms with van der Waals surface area (Å²) in [6.45, 7) is 0.0797. The molecule has 0 N–H and O–H groups in total. The smallest absolute Gasteiger partial charge is 0.327 e. The molecule has 5 heteroatoms. The number of nitrogens with zero attached hydrogens (tertiary/aromatic N) is 3. The van der Waals surface area contributed by atoms with Crippen LogP contribution in [0.15, 0.2) is 36.7 Å². The second-order valence-corrected chi connectivity index (χ2v) is 3.21. The van der Waals surface area contributed by atoms with Crippen LogP contribution in [-0.2, 0) is 16.1 Å². The molecule has 82 valence electrons. The summed E-state index contributed by atoms with van der Waals surface area (Å²) in [6, 6.07) is 9.58. The van der Waals surface area contributed by atoms with Crippen LogP contribution < -0.4 is 0 Å². The van der Waals surface area contributed by atoms with E-state index in [1.807, 2.05) is 30.3 Å². The maximum absolute atomic E-state index is 11.0. The minimum absolute atomic E-state index is 0.0797. The van der Waals surface area contributed by atoms with Gasteiger partial charge in [0, 0.05) is 5.56 Å². The lowest BCUT2D eigenvalue weighted by Gasteiger charge is -1.97. The summed E-state index contributed by atoms with van der Waals surface area (Å²) in [5, 5.41) is 4.17. The fourth-order valence-electron chi connectivity index (χ4n) is 1.29. The van der Waals surface area contributed by atoms with E-state index in [9.17, 15) is 4.79 Å². The van der Waals surface area contributed by atoms with Gasteiger partial charge in [-0.3, -0.25) is 4.79 Å². The minimum atomic E-state index is -0.343. The zero-order chi connectivity index (χ0) is 11.4. The number of esters is 1. The lowest BCUT2D eigenvalue weighted by Crippen LogP contribution is -2.11. The van der Waals surface area contributed by atoms with Crippen LogP contribution in [0, 0.1) is 0 Å². The number of benzene rings is 1. The normalized spacial score (nSPS) is 10.1. The van der Waals surface area contributed by atoms with Gasteiger partial charge < -0.3 is 4.74 Å². The molecule has 1 aromatic heterocycles. The third-order valence-corrected chi connectivity index (χ3v) is 2.09. The minimum Gasteiger partial charge on any atom is -0.468 e. The standard InChI is InChI=1S/C11H11N3O2/c1-16-10(15)7-14-8-12-11(13-14)9-5-3-2-4-6-9/h2-6,8H,7H2,1H3. The van der Waals surface area contributed by atoms with Crippen molar-refractivity contribution in [1.82, 2.24) is 14.8 Å². The maximum Gasteiger partial charge on any atom is 0.327 e. The first-order chi connectivity index (χ1) is 7.79. The van der Waals surface area contributed by atoms with Crippen molar-refractivity contribution < 1.29 is 9.53 Å². The quantitative estimate of drug-likeness (QED) is 0.723. The van der Waals surface area contributed by atoms with Crippen LogP contribution in [0.1, 0.15) is 0 Å². The van der Waals surface area contributed by atoms with Gasteiger partial charge in [0.05, 0.1) is 7.11 Å². The molecule has 0 aliphatic carbocycles. The fourth-order valence-corrected chi connectivity index (χ4v) is 1.29. The lowest BCUT2D eigenvalue weighted by molar-refractivity contribution is -0.141. The van der Waals surface area contributed by atoms with E-state index in [-0.39, 0.29) is 12.5 Å². The Kier molecular flexibility index (Phi) is 2.95. The van der Waals surface area contributed by atoms with Crippen LogP contribution in [0.2, 0.25) is 0 Å². The van der Waals surface area contributed by atoms with Crippen molar-refractivity contribution in [2.24, 2.45) is 0 Å². The molecule has 0 saturated heterocycles. The van der Waals surface area contributed by atoms with Gasteiger partial charge in [-0.05, 0) is 0 Å². The molecule has 0 aliphatic rings. The Morgan fingerprint density at radius 1 is 1.38 bits per heavy atom. The first kappa shape index (κ1) is 10.4. The largest absolute Gasteiger partial charge is 0.468 e. The highest BCUT2D eigenvalue weighted by atomic mass is 16.5. The maximum atomic E-state index is 11.0. The van der Waals surface area contributed by atoms with Gasteiger partial charge in [-0.2, -0.15) is 5.10 Å². The van der Waals surface area contributed by atoms with Crippen LogP contribution in [0.5, 0.6) is 0 Å². The topological polar surface area (TPSA) is 57.0 Å². The lowest BCUT2D eigenvalue weighted by atomic mass is 10.2. The highest BCUT2D eigenvalue weighted by molar-refractivity contribution is 5.68. The molecule has 0 amide bonds. The second kappa shape index (κ2) is 4.57. The highest BCUT2D eigenvalue weighted by Gasteiger charge is 2.06. The van der Waals surface area contributed by atoms with Crippen molar-refractivity contribution in [2.45, 2.75) is 6.54 Å². The number of methoxy groups -OCH3 is 1. The molecule has 0 saturated carbocycles. The molecule has 0 aliphatic heterocycles. The highest BCUT2D eigenvalue weighted by Crippen LogP contribution is 2.12. The van der Waals surface area contributed by atoms with Crippen LogP contribution in [0.4, 0.5) is 0 Å². The van der Waals surface area contributed by atoms with E-state index in [0.717, 1.165) is 5.56 Å². The Labute approximate surface area is 92.7 Å². The Hall–Kier alpha value is -2.17. The van der Waals surface area contributed by atoms with E-state index in [0.29, 0.717) is 5.82 Å². The Morgan fingerprint density at radius 3 is 2.81 bits per heavy atom. The zero-order valence-electron chi connectivity index (χ0n) is 8.83. The monoisotopic (exact) mass is 217 g/mol. The first-order valence-electron chi connectivity index (χ1n) is 4.81. The van der Waals surface area contributed by atoms with Gasteiger partial charge in [0.1, 0.15) is 12.9 Å². The second-order valence-electron chi connectivity index (χ2n) is 3.21. The third-order valence-electron chi connectivity index (χ3n) is 2.09. The van der Waals surface area contributed by atoms with Crippen molar-refractivity contribution in [3.8, 4) is 11.4 Å². The van der Waals surface area contributed by atoms with E-state index in [1.54, 1.807) is 0 Å². The molecule has 1 heterocycles. The van der Waals surface area contributed by atoms with E-state index in [2.05, 4.69) is 14.8 Å². The molecule has 5 nitrogen and oxygen atoms in total. The van der Waals surface area contributed by atoms with Gasteiger partial charge in [-0.1, -0.05) is 30.3 Å². The van der Waals surface area contributed by atoms with Crippen LogP contribution in [0.3, 0.4) is 0 Å². The van der Waals surface area contributed by atoms with E-state index in [4.69, 9.17) is 0 Å². The average molecular weight is 217 g/mol. The van der Waals surface area contributed by atoms with E-state index >= 15 is 0 Å². The number of carbonyl (C=O) groups is 1. The summed E-state index contributed by atoms with van der Waals surface area (Å²) in [5.41, 5.74) is 0.922. The van der Waals surface area contributed by atoms with Crippen molar-refractivity contribution in [2.75, 3.05) is 7.11 Å². The van der Waals surface area contributed by atoms with Gasteiger partial charge in [-0.15, -0.1) is 0 Å². The van der Waals surface area contributed by atoms with Gasteiger partial charge in [0.15, 0.2) is 5.82 Å². The van der Waals surface area contributed by atoms with Crippen molar-refractivity contribution in [3.63, 3.8) is 0 Å². The van der Waals surface area contributed by atoms with Crippen LogP contribution >= 0.6 is 0 Å². The van der Waals surface area contributed by atoms with Crippen molar-refractivity contribution in [1.29, 1.82) is 0 Å². The molecule has 0 unspecified atom stereocenters. The number of ether oxygens (including phenoxy) is 1. The summed E-state index contributed by atoms with van der Waals surface area (Å²) in [6.07, 6.45) is 1.51. The molecule has 0 bridgehead atoms. The Balaban J connectivity index is 2.17. The molecule has 16 heavy (non-hydrogen) atoms. The van der Waals surface area contributed by atoms with Crippen molar-refractivity contribution in [3.05, 3.63) is 36.7 Å². The fraction of sp³-hybridized carbons (Fsp3) is 0.182. The third kappa shape index (κ3) is 2.25. The number of aromatic nitrogens is 3. The van der Waals surface area contributed by atoms with Gasteiger partial charge >= 0.3 is 5.97 Å². The molecule has 0 atom stereocenters. The molecular weight excluding hydrogens is 206 g/mol. The first-order valence-corrected chi connectivity index (χ1v) is 4.81. The summed E-state index contributed by atoms with van der Waals surface area (Å²) in [4.78, 5) is 15.1. The summed E-state index contributed by atoms with van der Waals surface area (Å²) < 4.78 is 5.99. The average Bonchev–Trinajstić information content (AvgIpc) is 2.78. The van der Waals surface area contributed by atoms with Crippen molar-refractivity contribution >= 4 is 5.97 Å². The zero-order valence-corrected chi connectivity index (χ0v) is 8.83. The molecule has 0 radical (unpaired) electrons. The predicted molar refractivity (Wildman–Crippen MR) is 57.5 cm³/mol. The number of rotatable bonds is 3. The SMILES string of the molecule is COC(=O)Cn1cnc(-c2ccccc2)n1. The molecule has 0 fully saturated rings. The van der Waals surface area contributed by atoms with E-state index in [1.165, 1.54) is 18.1 Å². The molecule has 1 aromatic carbocycles. The number of hydrogen-bond acceptors (Lipinski definition) is 4. The predicted octanol–water partition coefficient (Wildman–Crippen LogP) is 1.12. The Bertz CT molecular complexity index is 479. The van der Waals surface area contributed by atoms with Gasteiger partial charge in [0.2, 0.25) is 0 Å². The van der Waals surface area contributed by atoms with E-state index < -0.39 is 0 Å².